The van der Waals surface area contributed by atoms with Crippen molar-refractivity contribution in [2.75, 3.05) is 6.54 Å². The first kappa shape index (κ1) is 14.1. The van der Waals surface area contributed by atoms with Crippen molar-refractivity contribution < 1.29 is 4.79 Å². The summed E-state index contributed by atoms with van der Waals surface area (Å²) in [6, 6.07) is 6.04. The maximum atomic E-state index is 12.3. The molecule has 1 aliphatic carbocycles. The summed E-state index contributed by atoms with van der Waals surface area (Å²) in [6.07, 6.45) is 5.69. The first-order chi connectivity index (χ1) is 10.1. The average Bonchev–Trinajstić information content (AvgIpc) is 2.84. The van der Waals surface area contributed by atoms with E-state index >= 15 is 0 Å². The highest BCUT2D eigenvalue weighted by Crippen LogP contribution is 2.26. The molecule has 21 heavy (non-hydrogen) atoms. The highest BCUT2D eigenvalue weighted by atomic mass is 16.1. The van der Waals surface area contributed by atoms with Crippen LogP contribution in [-0.4, -0.2) is 21.8 Å². The number of nitrogens with zero attached hydrogens (tertiary/aromatic N) is 2. The number of imidazole rings is 1. The van der Waals surface area contributed by atoms with Crippen molar-refractivity contribution in [3.05, 3.63) is 35.8 Å². The maximum absolute atomic E-state index is 12.3. The number of carbonyl (C=O) groups excluding carboxylic acids is 1. The van der Waals surface area contributed by atoms with E-state index in [0.717, 1.165) is 43.6 Å². The van der Waals surface area contributed by atoms with Gasteiger partial charge >= 0.3 is 0 Å². The van der Waals surface area contributed by atoms with Crippen molar-refractivity contribution in [1.29, 1.82) is 0 Å². The molecule has 2 aromatic heterocycles. The number of nitrogens with one attached hydrogen (secondary N) is 1. The van der Waals surface area contributed by atoms with Gasteiger partial charge in [0.1, 0.15) is 5.65 Å². The second-order valence-corrected chi connectivity index (χ2v) is 6.35. The molecule has 2 aromatic rings. The zero-order chi connectivity index (χ0) is 14.8. The molecular formula is C17H23N3O. The van der Waals surface area contributed by atoms with Gasteiger partial charge in [0.2, 0.25) is 5.91 Å². The molecule has 1 aliphatic rings. The maximum Gasteiger partial charge on any atom is 0.223 e. The van der Waals surface area contributed by atoms with Crippen molar-refractivity contribution in [2.24, 2.45) is 11.8 Å². The molecule has 112 valence electrons. The van der Waals surface area contributed by atoms with Crippen LogP contribution in [0, 0.1) is 11.8 Å². The molecule has 4 nitrogen and oxygen atoms in total. The predicted molar refractivity (Wildman–Crippen MR) is 83.2 cm³/mol. The van der Waals surface area contributed by atoms with Gasteiger partial charge in [-0.15, -0.1) is 0 Å². The Morgan fingerprint density at radius 3 is 3.14 bits per heavy atom. The lowest BCUT2D eigenvalue weighted by Crippen LogP contribution is -2.35. The number of aryl methyl sites for hydroxylation is 1. The van der Waals surface area contributed by atoms with Crippen LogP contribution in [0.1, 0.15) is 38.1 Å². The summed E-state index contributed by atoms with van der Waals surface area (Å²) in [7, 11) is 0. The third kappa shape index (κ3) is 2.94. The number of rotatable bonds is 4. The number of hydrogen-bond acceptors (Lipinski definition) is 2. The number of aromatic nitrogens is 2. The monoisotopic (exact) mass is 285 g/mol. The minimum absolute atomic E-state index is 0.0877. The van der Waals surface area contributed by atoms with E-state index in [-0.39, 0.29) is 11.8 Å². The molecule has 0 saturated carbocycles. The molecule has 1 amide bonds. The van der Waals surface area contributed by atoms with Crippen LogP contribution in [0.4, 0.5) is 0 Å². The normalized spacial score (nSPS) is 18.0. The highest BCUT2D eigenvalue weighted by molar-refractivity contribution is 5.79. The topological polar surface area (TPSA) is 46.4 Å². The number of fused-ring (bicyclic) bond motifs is 3. The summed E-state index contributed by atoms with van der Waals surface area (Å²) in [4.78, 5) is 17.0. The number of carbonyl (C=O) groups is 1. The molecule has 1 N–H and O–H groups in total. The van der Waals surface area contributed by atoms with Gasteiger partial charge in [0.15, 0.2) is 0 Å². The molecule has 1 unspecified atom stereocenters. The van der Waals surface area contributed by atoms with Crippen LogP contribution in [0.3, 0.4) is 0 Å². The third-order valence-electron chi connectivity index (χ3n) is 4.27. The van der Waals surface area contributed by atoms with Crippen molar-refractivity contribution in [3.63, 3.8) is 0 Å². The van der Waals surface area contributed by atoms with E-state index < -0.39 is 0 Å². The summed E-state index contributed by atoms with van der Waals surface area (Å²) in [5.74, 6) is 0.916. The molecular weight excluding hydrogens is 262 g/mol. The second kappa shape index (κ2) is 5.88. The fourth-order valence-electron chi connectivity index (χ4n) is 3.01. The van der Waals surface area contributed by atoms with Gasteiger partial charge in [-0.1, -0.05) is 19.9 Å². The van der Waals surface area contributed by atoms with Crippen molar-refractivity contribution in [1.82, 2.24) is 14.7 Å². The minimum atomic E-state index is 0.0877. The van der Waals surface area contributed by atoms with Crippen LogP contribution in [0.15, 0.2) is 24.4 Å². The lowest BCUT2D eigenvalue weighted by molar-refractivity contribution is -0.125. The van der Waals surface area contributed by atoms with Gasteiger partial charge in [0, 0.05) is 30.8 Å². The predicted octanol–water partition coefficient (Wildman–Crippen LogP) is 2.60. The zero-order valence-electron chi connectivity index (χ0n) is 12.8. The lowest BCUT2D eigenvalue weighted by Gasteiger charge is -2.21. The van der Waals surface area contributed by atoms with Gasteiger partial charge in [-0.25, -0.2) is 4.98 Å². The molecule has 3 rings (SSSR count). The van der Waals surface area contributed by atoms with Crippen LogP contribution < -0.4 is 5.32 Å². The zero-order valence-corrected chi connectivity index (χ0v) is 12.8. The summed E-state index contributed by atoms with van der Waals surface area (Å²) in [5, 5.41) is 3.09. The molecule has 0 spiro atoms. The molecule has 0 bridgehead atoms. The van der Waals surface area contributed by atoms with Gasteiger partial charge in [-0.2, -0.15) is 0 Å². The van der Waals surface area contributed by atoms with E-state index in [1.165, 1.54) is 5.69 Å². The summed E-state index contributed by atoms with van der Waals surface area (Å²) in [6.45, 7) is 5.14. The van der Waals surface area contributed by atoms with Crippen LogP contribution in [-0.2, 0) is 17.6 Å². The SMILES string of the molecule is CC(C)CCNC(=O)C1CCc2nc3ccccn3c2C1. The van der Waals surface area contributed by atoms with Gasteiger partial charge < -0.3 is 9.72 Å². The lowest BCUT2D eigenvalue weighted by atomic mass is 9.89. The second-order valence-electron chi connectivity index (χ2n) is 6.35. The van der Waals surface area contributed by atoms with Crippen LogP contribution in [0.2, 0.25) is 0 Å². The van der Waals surface area contributed by atoms with E-state index in [1.54, 1.807) is 0 Å². The van der Waals surface area contributed by atoms with E-state index in [0.29, 0.717) is 5.92 Å². The highest BCUT2D eigenvalue weighted by Gasteiger charge is 2.27. The Morgan fingerprint density at radius 1 is 1.48 bits per heavy atom. The Kier molecular flexibility index (Phi) is 3.95. The Morgan fingerprint density at radius 2 is 2.33 bits per heavy atom. The van der Waals surface area contributed by atoms with Crippen molar-refractivity contribution in [3.8, 4) is 0 Å². The first-order valence-electron chi connectivity index (χ1n) is 7.87. The van der Waals surface area contributed by atoms with Crippen LogP contribution >= 0.6 is 0 Å². The van der Waals surface area contributed by atoms with Crippen molar-refractivity contribution >= 4 is 11.6 Å². The van der Waals surface area contributed by atoms with Crippen molar-refractivity contribution in [2.45, 2.75) is 39.5 Å². The van der Waals surface area contributed by atoms with Gasteiger partial charge in [0.05, 0.1) is 5.69 Å². The number of hydrogen-bond donors (Lipinski definition) is 1. The summed E-state index contributed by atoms with van der Waals surface area (Å²) in [5.41, 5.74) is 3.36. The molecule has 0 aliphatic heterocycles. The first-order valence-corrected chi connectivity index (χ1v) is 7.87. The summed E-state index contributed by atoms with van der Waals surface area (Å²) < 4.78 is 2.13. The smallest absolute Gasteiger partial charge is 0.223 e. The Bertz CT molecular complexity index is 645. The Labute approximate surface area is 125 Å². The van der Waals surface area contributed by atoms with E-state index in [1.807, 2.05) is 24.4 Å². The molecule has 2 heterocycles. The van der Waals surface area contributed by atoms with Crippen LogP contribution in [0.5, 0.6) is 0 Å². The van der Waals surface area contributed by atoms with Crippen LogP contribution in [0.25, 0.3) is 5.65 Å². The molecule has 4 heteroatoms. The molecule has 1 atom stereocenters. The minimum Gasteiger partial charge on any atom is -0.356 e. The number of pyridine rings is 1. The fraction of sp³-hybridized carbons (Fsp3) is 0.529. The van der Waals surface area contributed by atoms with E-state index in [4.69, 9.17) is 0 Å². The van der Waals surface area contributed by atoms with Gasteiger partial charge in [-0.05, 0) is 37.3 Å². The van der Waals surface area contributed by atoms with Gasteiger partial charge in [-0.3, -0.25) is 4.79 Å². The largest absolute Gasteiger partial charge is 0.356 e. The third-order valence-corrected chi connectivity index (χ3v) is 4.27. The standard InChI is InChI=1S/C17H23N3O/c1-12(2)8-9-18-17(21)13-6-7-14-15(11-13)20-10-4-3-5-16(20)19-14/h3-5,10,12-13H,6-9,11H2,1-2H3,(H,18,21). The average molecular weight is 285 g/mol. The molecule has 0 radical (unpaired) electrons. The molecule has 0 fully saturated rings. The number of amides is 1. The van der Waals surface area contributed by atoms with E-state index in [2.05, 4.69) is 28.5 Å². The molecule has 0 aromatic carbocycles. The quantitative estimate of drug-likeness (QED) is 0.938. The Balaban J connectivity index is 1.70. The van der Waals surface area contributed by atoms with Gasteiger partial charge in [0.25, 0.3) is 0 Å². The molecule has 0 saturated heterocycles. The summed E-state index contributed by atoms with van der Waals surface area (Å²) >= 11 is 0. The Hall–Kier alpha value is -1.84. The van der Waals surface area contributed by atoms with E-state index in [9.17, 15) is 4.79 Å². The fourth-order valence-corrected chi connectivity index (χ4v) is 3.01.